The van der Waals surface area contributed by atoms with Gasteiger partial charge in [-0.1, -0.05) is 49.1 Å². The molecule has 2 fully saturated rings. The van der Waals surface area contributed by atoms with Crippen molar-refractivity contribution in [2.45, 2.75) is 70.1 Å². The molecule has 0 unspecified atom stereocenters. The van der Waals surface area contributed by atoms with Crippen molar-refractivity contribution >= 4 is 11.6 Å². The van der Waals surface area contributed by atoms with Gasteiger partial charge in [-0.25, -0.2) is 0 Å². The maximum absolute atomic E-state index is 6.02. The third-order valence-corrected chi connectivity index (χ3v) is 6.59. The zero-order valence-electron chi connectivity index (χ0n) is 13.7. The Bertz CT molecular complexity index is 473. The number of benzene rings is 1. The van der Waals surface area contributed by atoms with Crippen LogP contribution in [0.15, 0.2) is 36.9 Å². The van der Waals surface area contributed by atoms with Gasteiger partial charge in [-0.2, -0.15) is 0 Å². The van der Waals surface area contributed by atoms with Crippen molar-refractivity contribution < 1.29 is 0 Å². The summed E-state index contributed by atoms with van der Waals surface area (Å²) in [6.45, 7) is 4.05. The standard InChI is InChI=1S/C21H29Cl/c1-2-14-21(15-4-3-5-16-21)19-10-6-17(7-11-19)18-8-12-20(22)13-9-18/h2,8-9,12-13,17,19H,1,3-7,10-11,14-16H2. The molecular formula is C21H29Cl. The van der Waals surface area contributed by atoms with Gasteiger partial charge in [0.1, 0.15) is 0 Å². The lowest BCUT2D eigenvalue weighted by atomic mass is 9.59. The van der Waals surface area contributed by atoms with E-state index in [4.69, 9.17) is 11.6 Å². The summed E-state index contributed by atoms with van der Waals surface area (Å²) in [4.78, 5) is 0. The van der Waals surface area contributed by atoms with Crippen molar-refractivity contribution in [3.63, 3.8) is 0 Å². The molecule has 120 valence electrons. The van der Waals surface area contributed by atoms with E-state index in [2.05, 4.69) is 24.8 Å². The molecule has 0 radical (unpaired) electrons. The second-order valence-electron chi connectivity index (χ2n) is 7.52. The van der Waals surface area contributed by atoms with Crippen molar-refractivity contribution in [3.05, 3.63) is 47.5 Å². The number of hydrogen-bond acceptors (Lipinski definition) is 0. The van der Waals surface area contributed by atoms with Crippen LogP contribution in [0.25, 0.3) is 0 Å². The Balaban J connectivity index is 1.64. The predicted octanol–water partition coefficient (Wildman–Crippen LogP) is 7.14. The van der Waals surface area contributed by atoms with Crippen LogP contribution in [0.1, 0.15) is 75.7 Å². The van der Waals surface area contributed by atoms with Gasteiger partial charge in [0.2, 0.25) is 0 Å². The SMILES string of the molecule is C=CCC1(C2CCC(c3ccc(Cl)cc3)CC2)CCCCC1. The van der Waals surface area contributed by atoms with Crippen molar-refractivity contribution in [1.29, 1.82) is 0 Å². The Morgan fingerprint density at radius 2 is 1.64 bits per heavy atom. The molecule has 0 nitrogen and oxygen atoms in total. The van der Waals surface area contributed by atoms with Crippen molar-refractivity contribution in [2.75, 3.05) is 0 Å². The molecule has 0 amide bonds. The van der Waals surface area contributed by atoms with Crippen LogP contribution < -0.4 is 0 Å². The molecule has 2 aliphatic carbocycles. The smallest absolute Gasteiger partial charge is 0.0406 e. The zero-order chi connectivity index (χ0) is 15.4. The highest BCUT2D eigenvalue weighted by Gasteiger charge is 2.40. The molecule has 0 saturated heterocycles. The first kappa shape index (κ1) is 16.1. The number of hydrogen-bond donors (Lipinski definition) is 0. The van der Waals surface area contributed by atoms with Gasteiger partial charge < -0.3 is 0 Å². The van der Waals surface area contributed by atoms with E-state index in [1.165, 1.54) is 69.8 Å². The molecule has 0 atom stereocenters. The maximum Gasteiger partial charge on any atom is 0.0406 e. The normalized spacial score (nSPS) is 28.2. The molecule has 2 aliphatic rings. The lowest BCUT2D eigenvalue weighted by Gasteiger charge is -2.46. The molecule has 0 N–H and O–H groups in total. The first-order chi connectivity index (χ1) is 10.7. The van der Waals surface area contributed by atoms with Crippen LogP contribution in [-0.4, -0.2) is 0 Å². The van der Waals surface area contributed by atoms with Crippen LogP contribution in [0.5, 0.6) is 0 Å². The lowest BCUT2D eigenvalue weighted by Crippen LogP contribution is -2.35. The van der Waals surface area contributed by atoms with Crippen molar-refractivity contribution in [1.82, 2.24) is 0 Å². The summed E-state index contributed by atoms with van der Waals surface area (Å²) in [5.41, 5.74) is 2.08. The molecule has 0 spiro atoms. The molecule has 1 heteroatoms. The highest BCUT2D eigenvalue weighted by atomic mass is 35.5. The van der Waals surface area contributed by atoms with Crippen molar-refractivity contribution in [2.24, 2.45) is 11.3 Å². The Hall–Kier alpha value is -0.750. The maximum atomic E-state index is 6.02. The van der Waals surface area contributed by atoms with Crippen LogP contribution in [0.4, 0.5) is 0 Å². The third kappa shape index (κ3) is 3.43. The molecule has 0 aromatic heterocycles. The summed E-state index contributed by atoms with van der Waals surface area (Å²) in [5.74, 6) is 1.67. The van der Waals surface area contributed by atoms with Gasteiger partial charge in [0.15, 0.2) is 0 Å². The summed E-state index contributed by atoms with van der Waals surface area (Å²) < 4.78 is 0. The Morgan fingerprint density at radius 1 is 1.00 bits per heavy atom. The van der Waals surface area contributed by atoms with Crippen LogP contribution in [0.2, 0.25) is 5.02 Å². The first-order valence-electron chi connectivity index (χ1n) is 9.10. The quantitative estimate of drug-likeness (QED) is 0.518. The average Bonchev–Trinajstić information content (AvgIpc) is 2.57. The van der Waals surface area contributed by atoms with Gasteiger partial charge >= 0.3 is 0 Å². The minimum absolute atomic E-state index is 0.588. The molecule has 1 aromatic carbocycles. The van der Waals surface area contributed by atoms with Crippen LogP contribution in [0, 0.1) is 11.3 Å². The average molecular weight is 317 g/mol. The fraction of sp³-hybridized carbons (Fsp3) is 0.619. The summed E-state index contributed by atoms with van der Waals surface area (Å²) >= 11 is 6.02. The molecule has 22 heavy (non-hydrogen) atoms. The van der Waals surface area contributed by atoms with Crippen LogP contribution >= 0.6 is 11.6 Å². The van der Waals surface area contributed by atoms with Gasteiger partial charge in [0, 0.05) is 5.02 Å². The highest BCUT2D eigenvalue weighted by molar-refractivity contribution is 6.30. The Labute approximate surface area is 141 Å². The second-order valence-corrected chi connectivity index (χ2v) is 7.95. The van der Waals surface area contributed by atoms with Gasteiger partial charge in [0.25, 0.3) is 0 Å². The van der Waals surface area contributed by atoms with E-state index in [1.807, 2.05) is 12.1 Å². The molecule has 0 bridgehead atoms. The number of allylic oxidation sites excluding steroid dienone is 1. The molecule has 1 aromatic rings. The molecule has 3 rings (SSSR count). The summed E-state index contributed by atoms with van der Waals surface area (Å²) in [6.07, 6.45) is 16.1. The zero-order valence-corrected chi connectivity index (χ0v) is 14.5. The van der Waals surface area contributed by atoms with E-state index in [0.29, 0.717) is 5.41 Å². The first-order valence-corrected chi connectivity index (χ1v) is 9.48. The van der Waals surface area contributed by atoms with Gasteiger partial charge in [-0.05, 0) is 79.9 Å². The Kier molecular flexibility index (Phi) is 5.29. The second kappa shape index (κ2) is 7.21. The van der Waals surface area contributed by atoms with Crippen molar-refractivity contribution in [3.8, 4) is 0 Å². The fourth-order valence-corrected chi connectivity index (χ4v) is 5.22. The summed E-state index contributed by atoms with van der Waals surface area (Å²) in [6, 6.07) is 8.55. The predicted molar refractivity (Wildman–Crippen MR) is 96.5 cm³/mol. The molecule has 0 heterocycles. The van der Waals surface area contributed by atoms with Crippen LogP contribution in [0.3, 0.4) is 0 Å². The van der Waals surface area contributed by atoms with Gasteiger partial charge in [-0.3, -0.25) is 0 Å². The number of rotatable bonds is 4. The van der Waals surface area contributed by atoms with Gasteiger partial charge in [0.05, 0.1) is 0 Å². The highest BCUT2D eigenvalue weighted by Crippen LogP contribution is 2.52. The van der Waals surface area contributed by atoms with E-state index in [-0.39, 0.29) is 0 Å². The minimum Gasteiger partial charge on any atom is -0.103 e. The molecule has 2 saturated carbocycles. The molecular weight excluding hydrogens is 288 g/mol. The van der Waals surface area contributed by atoms with Gasteiger partial charge in [-0.15, -0.1) is 6.58 Å². The third-order valence-electron chi connectivity index (χ3n) is 6.33. The topological polar surface area (TPSA) is 0 Å². The fourth-order valence-electron chi connectivity index (χ4n) is 5.10. The summed E-state index contributed by atoms with van der Waals surface area (Å²) in [7, 11) is 0. The van der Waals surface area contributed by atoms with E-state index in [1.54, 1.807) is 0 Å². The Morgan fingerprint density at radius 3 is 2.23 bits per heavy atom. The largest absolute Gasteiger partial charge is 0.103 e. The minimum atomic E-state index is 0.588. The van der Waals surface area contributed by atoms with Crippen LogP contribution in [-0.2, 0) is 0 Å². The van der Waals surface area contributed by atoms with E-state index >= 15 is 0 Å². The van der Waals surface area contributed by atoms with E-state index in [9.17, 15) is 0 Å². The number of halogens is 1. The summed E-state index contributed by atoms with van der Waals surface area (Å²) in [5, 5.41) is 0.851. The van der Waals surface area contributed by atoms with E-state index < -0.39 is 0 Å². The van der Waals surface area contributed by atoms with E-state index in [0.717, 1.165) is 16.9 Å². The lowest BCUT2D eigenvalue weighted by molar-refractivity contribution is 0.0657. The monoisotopic (exact) mass is 316 g/mol. The molecule has 0 aliphatic heterocycles.